The van der Waals surface area contributed by atoms with Gasteiger partial charge in [-0.1, -0.05) is 89.5 Å². The molecule has 0 spiro atoms. The van der Waals surface area contributed by atoms with E-state index in [1.165, 1.54) is 51.4 Å². The van der Waals surface area contributed by atoms with Crippen molar-refractivity contribution in [1.29, 1.82) is 0 Å². The second-order valence-corrected chi connectivity index (χ2v) is 8.85. The highest BCUT2D eigenvalue weighted by Crippen LogP contribution is 2.33. The van der Waals surface area contributed by atoms with Gasteiger partial charge in [-0.2, -0.15) is 30.0 Å². The number of fused-ring (bicyclic) bond motifs is 2. The Morgan fingerprint density at radius 2 is 0.875 bits per heavy atom. The van der Waals surface area contributed by atoms with Crippen molar-refractivity contribution < 1.29 is 0 Å². The Balaban J connectivity index is 1.68. The van der Waals surface area contributed by atoms with E-state index in [4.69, 9.17) is 20.4 Å². The highest BCUT2D eigenvalue weighted by Gasteiger charge is 2.28. The summed E-state index contributed by atoms with van der Waals surface area (Å²) < 4.78 is 0. The number of unbranched alkanes of at least 4 members (excludes halogenated alkanes) is 6. The van der Waals surface area contributed by atoms with Gasteiger partial charge in [-0.05, 0) is 37.1 Å². The highest BCUT2D eigenvalue weighted by molar-refractivity contribution is 5.73. The third-order valence-electron chi connectivity index (χ3n) is 6.35. The first kappa shape index (κ1) is 22.4. The van der Waals surface area contributed by atoms with Crippen LogP contribution in [0.4, 0.5) is 0 Å². The van der Waals surface area contributed by atoms with Gasteiger partial charge >= 0.3 is 0 Å². The van der Waals surface area contributed by atoms with Crippen LogP contribution < -0.4 is 0 Å². The van der Waals surface area contributed by atoms with Crippen molar-refractivity contribution in [2.75, 3.05) is 0 Å². The third-order valence-corrected chi connectivity index (χ3v) is 6.35. The minimum absolute atomic E-state index is 0.141. The monoisotopic (exact) mass is 432 g/mol. The van der Waals surface area contributed by atoms with Gasteiger partial charge in [0.25, 0.3) is 0 Å². The van der Waals surface area contributed by atoms with Crippen LogP contribution in [0.25, 0.3) is 22.1 Å². The topological polar surface area (TPSA) is 61.4 Å². The van der Waals surface area contributed by atoms with E-state index < -0.39 is 0 Å². The van der Waals surface area contributed by atoms with Crippen molar-refractivity contribution in [3.05, 3.63) is 48.5 Å². The van der Waals surface area contributed by atoms with E-state index in [2.05, 4.69) is 13.8 Å². The van der Waals surface area contributed by atoms with Crippen LogP contribution >= 0.6 is 0 Å². The van der Waals surface area contributed by atoms with Crippen LogP contribution in [0.2, 0.25) is 0 Å². The molecule has 32 heavy (non-hydrogen) atoms. The Bertz CT molecular complexity index is 944. The quantitative estimate of drug-likeness (QED) is 0.216. The van der Waals surface area contributed by atoms with Crippen LogP contribution in [0.3, 0.4) is 0 Å². The fraction of sp³-hybridized carbons (Fsp3) is 0.538. The summed E-state index contributed by atoms with van der Waals surface area (Å²) in [5.41, 5.74) is 3.81. The molecule has 0 saturated heterocycles. The fourth-order valence-corrected chi connectivity index (χ4v) is 4.53. The molecule has 0 unspecified atom stereocenters. The van der Waals surface area contributed by atoms with Gasteiger partial charge in [0.1, 0.15) is 22.1 Å². The Morgan fingerprint density at radius 1 is 0.531 bits per heavy atom. The average molecular weight is 433 g/mol. The smallest absolute Gasteiger partial charge is 0.113 e. The lowest BCUT2D eigenvalue weighted by Gasteiger charge is -2.26. The van der Waals surface area contributed by atoms with Gasteiger partial charge in [-0.15, -0.1) is 0 Å². The minimum Gasteiger partial charge on any atom is -0.178 e. The number of rotatable bonds is 13. The van der Waals surface area contributed by atoms with Crippen LogP contribution in [0.5, 0.6) is 0 Å². The maximum Gasteiger partial charge on any atom is 0.113 e. The molecule has 2 aromatic heterocycles. The largest absolute Gasteiger partial charge is 0.178 e. The second-order valence-electron chi connectivity index (χ2n) is 8.85. The van der Waals surface area contributed by atoms with Crippen LogP contribution in [0.15, 0.2) is 48.5 Å². The van der Waals surface area contributed by atoms with Crippen molar-refractivity contribution in [2.24, 2.45) is 0 Å². The Labute approximate surface area is 191 Å². The molecule has 0 radical (unpaired) electrons. The number of benzene rings is 2. The summed E-state index contributed by atoms with van der Waals surface area (Å²) >= 11 is 0. The molecule has 0 aliphatic carbocycles. The zero-order valence-corrected chi connectivity index (χ0v) is 19.5. The number of aromatic nitrogens is 6. The van der Waals surface area contributed by atoms with Crippen LogP contribution in [0.1, 0.15) is 90.1 Å². The molecule has 0 fully saturated rings. The maximum absolute atomic E-state index is 4.89. The van der Waals surface area contributed by atoms with E-state index in [1.54, 1.807) is 0 Å². The Morgan fingerprint density at radius 3 is 1.19 bits per heavy atom. The Kier molecular flexibility index (Phi) is 7.86. The summed E-state index contributed by atoms with van der Waals surface area (Å²) in [5, 5.41) is 19.6. The lowest BCUT2D eigenvalue weighted by molar-refractivity contribution is 0.212. The summed E-state index contributed by atoms with van der Waals surface area (Å²) in [4.78, 5) is 3.93. The fourth-order valence-electron chi connectivity index (χ4n) is 4.53. The van der Waals surface area contributed by atoms with E-state index in [-0.39, 0.29) is 12.1 Å². The molecular formula is C26H36N6. The number of hydrogen-bond donors (Lipinski definition) is 0. The summed E-state index contributed by atoms with van der Waals surface area (Å²) in [6.07, 6.45) is 11.9. The Hall–Kier alpha value is -2.76. The van der Waals surface area contributed by atoms with Gasteiger partial charge in [0.15, 0.2) is 0 Å². The average Bonchev–Trinajstić information content (AvgIpc) is 3.44. The lowest BCUT2D eigenvalue weighted by Crippen LogP contribution is -2.27. The van der Waals surface area contributed by atoms with E-state index in [0.717, 1.165) is 34.9 Å². The second kappa shape index (κ2) is 11.2. The molecule has 0 aliphatic rings. The van der Waals surface area contributed by atoms with Crippen LogP contribution in [0, 0.1) is 0 Å². The van der Waals surface area contributed by atoms with Crippen LogP contribution in [-0.4, -0.2) is 30.0 Å². The van der Waals surface area contributed by atoms with Crippen molar-refractivity contribution >= 4 is 22.1 Å². The summed E-state index contributed by atoms with van der Waals surface area (Å²) in [5.74, 6) is 0. The third kappa shape index (κ3) is 5.34. The first-order chi connectivity index (χ1) is 15.8. The van der Waals surface area contributed by atoms with Crippen molar-refractivity contribution in [3.8, 4) is 0 Å². The molecule has 2 heterocycles. The molecule has 2 aromatic carbocycles. The molecule has 4 rings (SSSR count). The summed E-state index contributed by atoms with van der Waals surface area (Å²) in [7, 11) is 0. The molecule has 6 heteroatoms. The number of hydrogen-bond acceptors (Lipinski definition) is 4. The first-order valence-corrected chi connectivity index (χ1v) is 12.4. The van der Waals surface area contributed by atoms with Crippen LogP contribution in [-0.2, 0) is 0 Å². The highest BCUT2D eigenvalue weighted by atomic mass is 15.5. The molecule has 0 aliphatic heterocycles. The molecule has 0 saturated carbocycles. The van der Waals surface area contributed by atoms with Crippen molar-refractivity contribution in [2.45, 2.75) is 90.1 Å². The standard InChI is InChI=1S/C26H36N6/c1-3-5-7-9-19-25(31-27-21-15-11-12-16-22(21)28-31)26(20-10-8-6-4-2)32-29-23-17-13-14-18-24(23)30-32/h11-18,25-26H,3-10,19-20H2,1-2H3/t25-,26+. The van der Waals surface area contributed by atoms with E-state index in [0.29, 0.717) is 0 Å². The zero-order valence-electron chi connectivity index (χ0n) is 19.5. The molecule has 4 aromatic rings. The van der Waals surface area contributed by atoms with Gasteiger partial charge < -0.3 is 0 Å². The maximum atomic E-state index is 4.89. The molecule has 0 N–H and O–H groups in total. The van der Waals surface area contributed by atoms with Crippen molar-refractivity contribution in [1.82, 2.24) is 30.0 Å². The molecule has 6 nitrogen and oxygen atoms in total. The van der Waals surface area contributed by atoms with Crippen molar-refractivity contribution in [3.63, 3.8) is 0 Å². The molecule has 0 amide bonds. The van der Waals surface area contributed by atoms with Gasteiger partial charge in [-0.3, -0.25) is 0 Å². The normalized spacial score (nSPS) is 13.7. The predicted octanol–water partition coefficient (Wildman–Crippen LogP) is 6.90. The van der Waals surface area contributed by atoms with E-state index in [9.17, 15) is 0 Å². The summed E-state index contributed by atoms with van der Waals surface area (Å²) in [6.45, 7) is 4.52. The number of nitrogens with zero attached hydrogens (tertiary/aromatic N) is 6. The lowest BCUT2D eigenvalue weighted by atomic mass is 9.96. The van der Waals surface area contributed by atoms with Gasteiger partial charge in [-0.25, -0.2) is 0 Å². The summed E-state index contributed by atoms with van der Waals surface area (Å²) in [6, 6.07) is 16.6. The molecular weight excluding hydrogens is 396 g/mol. The van der Waals surface area contributed by atoms with Gasteiger partial charge in [0.05, 0.1) is 12.1 Å². The van der Waals surface area contributed by atoms with E-state index >= 15 is 0 Å². The zero-order chi connectivity index (χ0) is 22.2. The first-order valence-electron chi connectivity index (χ1n) is 12.4. The predicted molar refractivity (Wildman–Crippen MR) is 131 cm³/mol. The van der Waals surface area contributed by atoms with Gasteiger partial charge in [0, 0.05) is 0 Å². The molecule has 0 bridgehead atoms. The minimum atomic E-state index is 0.141. The molecule has 2 atom stereocenters. The van der Waals surface area contributed by atoms with E-state index in [1.807, 2.05) is 58.1 Å². The SMILES string of the molecule is CCCCCC[C@H]([C@H](CCCCCC)n1nc2ccccc2n1)n1nc2ccccc2n1. The van der Waals surface area contributed by atoms with Gasteiger partial charge in [0.2, 0.25) is 0 Å². The molecule has 170 valence electrons.